The quantitative estimate of drug-likeness (QED) is 0.627. The Bertz CT molecular complexity index is 617. The van der Waals surface area contributed by atoms with Crippen molar-refractivity contribution in [1.82, 2.24) is 0 Å². The lowest BCUT2D eigenvalue weighted by Gasteiger charge is -2.15. The van der Waals surface area contributed by atoms with Gasteiger partial charge >= 0.3 is 6.18 Å². The lowest BCUT2D eigenvalue weighted by Crippen LogP contribution is -2.09. The van der Waals surface area contributed by atoms with Gasteiger partial charge in [0.05, 0.1) is 5.56 Å². The van der Waals surface area contributed by atoms with Gasteiger partial charge in [0.1, 0.15) is 5.82 Å². The first-order chi connectivity index (χ1) is 8.82. The first-order valence-electron chi connectivity index (χ1n) is 5.34. The lowest BCUT2D eigenvalue weighted by atomic mass is 9.95. The highest BCUT2D eigenvalue weighted by atomic mass is 35.5. The molecule has 99 valence electrons. The Kier molecular flexibility index (Phi) is 3.54. The molecule has 0 atom stereocenters. The van der Waals surface area contributed by atoms with E-state index in [2.05, 4.69) is 6.07 Å². The van der Waals surface area contributed by atoms with Crippen LogP contribution in [0, 0.1) is 18.8 Å². The molecule has 1 radical (unpaired) electrons. The Labute approximate surface area is 112 Å². The van der Waals surface area contributed by atoms with E-state index in [4.69, 9.17) is 11.6 Å². The van der Waals surface area contributed by atoms with E-state index in [-0.39, 0.29) is 10.6 Å². The maximum Gasteiger partial charge on any atom is 0.417 e. The molecule has 0 amide bonds. The molecule has 0 aliphatic rings. The van der Waals surface area contributed by atoms with Gasteiger partial charge in [-0.15, -0.1) is 0 Å². The Morgan fingerprint density at radius 1 is 1.16 bits per heavy atom. The standard InChI is InChI=1S/C14H8ClF4/c1-8-9(4-2-6-11(8)15)13-10(14(17,18)19)5-3-7-12(13)16/h2,4-7H,1H3. The molecule has 0 heterocycles. The van der Waals surface area contributed by atoms with E-state index in [0.29, 0.717) is 5.56 Å². The topological polar surface area (TPSA) is 0 Å². The molecule has 0 nitrogen and oxygen atoms in total. The molecule has 2 rings (SSSR count). The van der Waals surface area contributed by atoms with E-state index in [9.17, 15) is 17.6 Å². The minimum atomic E-state index is -4.65. The summed E-state index contributed by atoms with van der Waals surface area (Å²) >= 11 is 5.87. The number of alkyl halides is 3. The average molecular weight is 288 g/mol. The van der Waals surface area contributed by atoms with Crippen molar-refractivity contribution in [3.05, 3.63) is 58.4 Å². The van der Waals surface area contributed by atoms with Gasteiger partial charge in [0.2, 0.25) is 0 Å². The highest BCUT2D eigenvalue weighted by Crippen LogP contribution is 2.40. The van der Waals surface area contributed by atoms with Crippen LogP contribution in [0.25, 0.3) is 11.1 Å². The van der Waals surface area contributed by atoms with Crippen LogP contribution in [0.4, 0.5) is 17.6 Å². The summed E-state index contributed by atoms with van der Waals surface area (Å²) in [5.74, 6) is -0.972. The Hall–Kier alpha value is -1.55. The van der Waals surface area contributed by atoms with E-state index < -0.39 is 23.1 Å². The van der Waals surface area contributed by atoms with Gasteiger partial charge in [-0.1, -0.05) is 23.7 Å². The van der Waals surface area contributed by atoms with Crippen LogP contribution >= 0.6 is 11.6 Å². The minimum Gasteiger partial charge on any atom is -0.206 e. The molecule has 0 aliphatic heterocycles. The van der Waals surface area contributed by atoms with Gasteiger partial charge in [0.15, 0.2) is 0 Å². The SMILES string of the molecule is Cc1c(Cl)cccc1-c1c(F)c[c]cc1C(F)(F)F. The summed E-state index contributed by atoms with van der Waals surface area (Å²) in [4.78, 5) is 0. The van der Waals surface area contributed by atoms with Gasteiger partial charge in [0.25, 0.3) is 0 Å². The zero-order valence-electron chi connectivity index (χ0n) is 9.78. The predicted molar refractivity (Wildman–Crippen MR) is 65.4 cm³/mol. The molecular weight excluding hydrogens is 280 g/mol. The Balaban J connectivity index is 2.79. The van der Waals surface area contributed by atoms with E-state index in [0.717, 1.165) is 12.1 Å². The highest BCUT2D eigenvalue weighted by molar-refractivity contribution is 6.31. The number of benzene rings is 2. The van der Waals surface area contributed by atoms with Crippen molar-refractivity contribution in [2.45, 2.75) is 13.1 Å². The van der Waals surface area contributed by atoms with Crippen molar-refractivity contribution >= 4 is 11.6 Å². The van der Waals surface area contributed by atoms with Crippen LogP contribution in [0.1, 0.15) is 11.1 Å². The summed E-state index contributed by atoms with van der Waals surface area (Å²) in [7, 11) is 0. The summed E-state index contributed by atoms with van der Waals surface area (Å²) < 4.78 is 52.6. The molecule has 0 saturated carbocycles. The highest BCUT2D eigenvalue weighted by Gasteiger charge is 2.35. The molecule has 0 bridgehead atoms. The Morgan fingerprint density at radius 2 is 1.84 bits per heavy atom. The molecule has 2 aromatic carbocycles. The Morgan fingerprint density at radius 3 is 2.47 bits per heavy atom. The van der Waals surface area contributed by atoms with Gasteiger partial charge in [0, 0.05) is 10.6 Å². The molecule has 0 saturated heterocycles. The summed E-state index contributed by atoms with van der Waals surface area (Å²) in [6.07, 6.45) is -4.65. The zero-order valence-corrected chi connectivity index (χ0v) is 10.5. The molecule has 19 heavy (non-hydrogen) atoms. The molecule has 0 fully saturated rings. The van der Waals surface area contributed by atoms with Crippen molar-refractivity contribution < 1.29 is 17.6 Å². The van der Waals surface area contributed by atoms with E-state index in [1.807, 2.05) is 0 Å². The molecule has 0 unspecified atom stereocenters. The van der Waals surface area contributed by atoms with Crippen LogP contribution < -0.4 is 0 Å². The van der Waals surface area contributed by atoms with Crippen LogP contribution in [0.5, 0.6) is 0 Å². The molecule has 5 heteroatoms. The third kappa shape index (κ3) is 2.59. The van der Waals surface area contributed by atoms with E-state index in [1.165, 1.54) is 12.1 Å². The van der Waals surface area contributed by atoms with Crippen LogP contribution in [0.15, 0.2) is 30.3 Å². The number of hydrogen-bond acceptors (Lipinski definition) is 0. The van der Waals surface area contributed by atoms with Gasteiger partial charge in [-0.2, -0.15) is 13.2 Å². The largest absolute Gasteiger partial charge is 0.417 e. The third-order valence-electron chi connectivity index (χ3n) is 2.79. The number of hydrogen-bond donors (Lipinski definition) is 0. The van der Waals surface area contributed by atoms with Crippen molar-refractivity contribution in [3.8, 4) is 11.1 Å². The van der Waals surface area contributed by atoms with Crippen molar-refractivity contribution in [2.24, 2.45) is 0 Å². The van der Waals surface area contributed by atoms with Gasteiger partial charge < -0.3 is 0 Å². The van der Waals surface area contributed by atoms with Crippen LogP contribution in [0.3, 0.4) is 0 Å². The first kappa shape index (κ1) is 13.9. The molecule has 0 aliphatic carbocycles. The monoisotopic (exact) mass is 287 g/mol. The zero-order chi connectivity index (χ0) is 14.2. The van der Waals surface area contributed by atoms with E-state index >= 15 is 0 Å². The molecule has 2 aromatic rings. The number of halogens is 5. The fourth-order valence-electron chi connectivity index (χ4n) is 1.85. The lowest BCUT2D eigenvalue weighted by molar-refractivity contribution is -0.137. The molecule has 0 aromatic heterocycles. The van der Waals surface area contributed by atoms with Crippen molar-refractivity contribution in [3.63, 3.8) is 0 Å². The maximum atomic E-state index is 13.8. The summed E-state index contributed by atoms with van der Waals surface area (Å²) in [6.45, 7) is 1.55. The molecule has 0 spiro atoms. The summed E-state index contributed by atoms with van der Waals surface area (Å²) in [5, 5.41) is 0.290. The van der Waals surface area contributed by atoms with Gasteiger partial charge in [-0.25, -0.2) is 4.39 Å². The second-order valence-electron chi connectivity index (χ2n) is 4.00. The van der Waals surface area contributed by atoms with Crippen molar-refractivity contribution in [1.29, 1.82) is 0 Å². The second-order valence-corrected chi connectivity index (χ2v) is 4.41. The predicted octanol–water partition coefficient (Wildman–Crippen LogP) is 5.27. The molecule has 0 N–H and O–H groups in total. The van der Waals surface area contributed by atoms with Gasteiger partial charge in [-0.3, -0.25) is 0 Å². The van der Waals surface area contributed by atoms with Crippen LogP contribution in [-0.2, 0) is 6.18 Å². The normalized spacial score (nSPS) is 11.7. The van der Waals surface area contributed by atoms with Gasteiger partial charge in [-0.05, 0) is 42.3 Å². The fourth-order valence-corrected chi connectivity index (χ4v) is 2.02. The van der Waals surface area contributed by atoms with Crippen LogP contribution in [-0.4, -0.2) is 0 Å². The minimum absolute atomic E-state index is 0.131. The third-order valence-corrected chi connectivity index (χ3v) is 3.20. The number of rotatable bonds is 1. The van der Waals surface area contributed by atoms with Crippen molar-refractivity contribution in [2.75, 3.05) is 0 Å². The molecular formula is C14H8ClF4. The fraction of sp³-hybridized carbons (Fsp3) is 0.143. The summed E-state index contributed by atoms with van der Waals surface area (Å²) in [6, 6.07) is 8.21. The summed E-state index contributed by atoms with van der Waals surface area (Å²) in [5.41, 5.74) is -1.02. The maximum absolute atomic E-state index is 13.8. The van der Waals surface area contributed by atoms with E-state index in [1.54, 1.807) is 13.0 Å². The second kappa shape index (κ2) is 4.85. The van der Waals surface area contributed by atoms with Crippen LogP contribution in [0.2, 0.25) is 5.02 Å². The first-order valence-corrected chi connectivity index (χ1v) is 5.72. The smallest absolute Gasteiger partial charge is 0.206 e. The average Bonchev–Trinajstić information content (AvgIpc) is 2.32.